The number of ether oxygens (including phenoxy) is 4. The van der Waals surface area contributed by atoms with Gasteiger partial charge in [-0.3, -0.25) is 0 Å². The van der Waals surface area contributed by atoms with Gasteiger partial charge in [-0.05, 0) is 25.7 Å². The molecule has 4 atom stereocenters. The first-order valence-corrected chi connectivity index (χ1v) is 8.07. The van der Waals surface area contributed by atoms with Gasteiger partial charge in [0.25, 0.3) is 0 Å². The van der Waals surface area contributed by atoms with Gasteiger partial charge in [-0.15, -0.1) is 0 Å². The maximum absolute atomic E-state index is 8.44. The van der Waals surface area contributed by atoms with Crippen molar-refractivity contribution in [2.45, 2.75) is 78.5 Å². The number of methoxy groups -OCH3 is 4. The maximum Gasteiger partial charge on any atom is 0.153 e. The Morgan fingerprint density at radius 3 is 0.600 bits per heavy atom. The third-order valence-electron chi connectivity index (χ3n) is 2.49. The molecular weight excluding hydrogens is 368 g/mol. The second-order valence-electron chi connectivity index (χ2n) is 4.39. The second kappa shape index (κ2) is 32.1. The van der Waals surface area contributed by atoms with Crippen molar-refractivity contribution in [3.05, 3.63) is 0 Å². The van der Waals surface area contributed by atoms with E-state index in [9.17, 15) is 0 Å². The van der Waals surface area contributed by atoms with Gasteiger partial charge in [0.1, 0.15) is 0 Å². The van der Waals surface area contributed by atoms with Crippen molar-refractivity contribution in [2.75, 3.05) is 28.4 Å². The van der Waals surface area contributed by atoms with E-state index in [1.807, 2.05) is 27.7 Å². The normalized spacial score (nSPS) is 13.9. The minimum absolute atomic E-state index is 0. The Kier molecular flexibility index (Phi) is 46.6. The van der Waals surface area contributed by atoms with E-state index in [4.69, 9.17) is 20.4 Å². The largest absolute Gasteiger partial charge is 0.368 e. The minimum Gasteiger partial charge on any atom is -0.368 e. The Balaban J connectivity index is -0.0000000702. The van der Waals surface area contributed by atoms with Crippen LogP contribution >= 0.6 is 0 Å². The average molecular weight is 408 g/mol. The molecule has 0 aliphatic rings. The Bertz CT molecular complexity index is 145. The van der Waals surface area contributed by atoms with E-state index in [1.54, 1.807) is 0 Å². The summed E-state index contributed by atoms with van der Waals surface area (Å²) in [5.74, 6) is 0. The van der Waals surface area contributed by atoms with Gasteiger partial charge >= 0.3 is 0 Å². The Labute approximate surface area is 168 Å². The molecule has 0 aliphatic carbocycles. The van der Waals surface area contributed by atoms with Gasteiger partial charge < -0.3 is 39.4 Å². The summed E-state index contributed by atoms with van der Waals surface area (Å²) in [5, 5.41) is 33.8. The molecule has 0 aromatic heterocycles. The molecule has 0 aromatic carbocycles. The minimum atomic E-state index is -0.565. The molecule has 0 aliphatic heterocycles. The molecule has 0 bridgehead atoms. The monoisotopic (exact) mass is 408 g/mol. The zero-order valence-corrected chi connectivity index (χ0v) is 18.6. The van der Waals surface area contributed by atoms with Crippen molar-refractivity contribution < 1.29 is 61.1 Å². The Morgan fingerprint density at radius 1 is 0.480 bits per heavy atom. The summed E-state index contributed by atoms with van der Waals surface area (Å²) in [6.07, 6.45) is 0.394. The molecule has 0 radical (unpaired) electrons. The first-order chi connectivity index (χ1) is 11.2. The van der Waals surface area contributed by atoms with Crippen LogP contribution in [0.15, 0.2) is 0 Å². The van der Waals surface area contributed by atoms with Crippen LogP contribution in [-0.2, 0) is 40.7 Å². The zero-order valence-electron chi connectivity index (χ0n) is 17.1. The van der Waals surface area contributed by atoms with Crippen molar-refractivity contribution >= 4 is 0 Å². The van der Waals surface area contributed by atoms with Crippen LogP contribution in [0, 0.1) is 0 Å². The summed E-state index contributed by atoms with van der Waals surface area (Å²) in [6, 6.07) is 0. The first kappa shape index (κ1) is 36.3. The molecule has 4 N–H and O–H groups in total. The van der Waals surface area contributed by atoms with Gasteiger partial charge in [0.2, 0.25) is 0 Å². The van der Waals surface area contributed by atoms with E-state index >= 15 is 0 Å². The summed E-state index contributed by atoms with van der Waals surface area (Å²) in [5.41, 5.74) is 0. The summed E-state index contributed by atoms with van der Waals surface area (Å²) in [6.45, 7) is 7.42. The van der Waals surface area contributed by atoms with Crippen LogP contribution in [0.3, 0.4) is 0 Å². The molecule has 25 heavy (non-hydrogen) atoms. The fourth-order valence-corrected chi connectivity index (χ4v) is 0.667. The maximum atomic E-state index is 8.44. The number of aliphatic hydroxyl groups is 4. The van der Waals surface area contributed by atoms with E-state index in [-0.39, 0.29) is 21.7 Å². The predicted molar refractivity (Wildman–Crippen MR) is 93.2 cm³/mol. The molecule has 0 fully saturated rings. The molecule has 0 aromatic rings. The Hall–Kier alpha value is 0.394. The third-order valence-corrected chi connectivity index (χ3v) is 2.49. The number of rotatable bonds is 8. The Morgan fingerprint density at radius 2 is 0.600 bits per heavy atom. The molecule has 4 unspecified atom stereocenters. The van der Waals surface area contributed by atoms with Crippen molar-refractivity contribution in [1.82, 2.24) is 0 Å². The smallest absolute Gasteiger partial charge is 0.153 e. The van der Waals surface area contributed by atoms with Crippen molar-refractivity contribution in [3.63, 3.8) is 0 Å². The summed E-state index contributed by atoms with van der Waals surface area (Å²) in [7, 11) is 5.92. The molecule has 0 spiro atoms. The molecule has 0 heterocycles. The van der Waals surface area contributed by atoms with Gasteiger partial charge in [-0.2, -0.15) is 0 Å². The fourth-order valence-electron chi connectivity index (χ4n) is 0.667. The fraction of sp³-hybridized carbons (Fsp3) is 1.00. The van der Waals surface area contributed by atoms with Gasteiger partial charge in [0, 0.05) is 50.2 Å². The number of hydrogen-bond acceptors (Lipinski definition) is 8. The van der Waals surface area contributed by atoms with Crippen LogP contribution in [0.25, 0.3) is 0 Å². The van der Waals surface area contributed by atoms with Crippen LogP contribution in [0.2, 0.25) is 0 Å². The summed E-state index contributed by atoms with van der Waals surface area (Å²) in [4.78, 5) is 0. The summed E-state index contributed by atoms with van der Waals surface area (Å²) >= 11 is 0. The van der Waals surface area contributed by atoms with Gasteiger partial charge in [0.05, 0.1) is 0 Å². The molecule has 8 nitrogen and oxygen atoms in total. The van der Waals surface area contributed by atoms with E-state index in [0.717, 1.165) is 0 Å². The molecule has 0 saturated heterocycles. The average Bonchev–Trinajstić information content (AvgIpc) is 2.66. The third kappa shape index (κ3) is 45.5. The number of hydrogen-bond donors (Lipinski definition) is 4. The van der Waals surface area contributed by atoms with E-state index in [0.29, 0.717) is 25.7 Å². The van der Waals surface area contributed by atoms with Crippen LogP contribution in [0.4, 0.5) is 0 Å². The van der Waals surface area contributed by atoms with E-state index in [1.165, 1.54) is 28.4 Å². The summed E-state index contributed by atoms with van der Waals surface area (Å²) < 4.78 is 17.8. The first-order valence-electron chi connectivity index (χ1n) is 8.07. The van der Waals surface area contributed by atoms with Gasteiger partial charge in [-0.25, -0.2) is 0 Å². The molecule has 0 rings (SSSR count). The van der Waals surface area contributed by atoms with Crippen LogP contribution in [0.1, 0.15) is 53.4 Å². The SMILES string of the molecule is CCC(O)OC.CCC(O)OC.CCC(O)OC.CCC(O)OC.[Ti]. The quantitative estimate of drug-likeness (QED) is 0.352. The van der Waals surface area contributed by atoms with E-state index < -0.39 is 25.2 Å². The van der Waals surface area contributed by atoms with E-state index in [2.05, 4.69) is 18.9 Å². The second-order valence-corrected chi connectivity index (χ2v) is 4.39. The number of aliphatic hydroxyl groups excluding tert-OH is 4. The molecule has 9 heteroatoms. The standard InChI is InChI=1S/4C4H10O2.Ti/c4*1-3-4(5)6-2;/h4*4-5H,3H2,1-2H3;. The molecular formula is C16H40O8Ti. The van der Waals surface area contributed by atoms with Crippen LogP contribution in [0.5, 0.6) is 0 Å². The molecule has 0 amide bonds. The van der Waals surface area contributed by atoms with Gasteiger partial charge in [0.15, 0.2) is 25.2 Å². The molecule has 0 saturated carbocycles. The van der Waals surface area contributed by atoms with Crippen molar-refractivity contribution in [1.29, 1.82) is 0 Å². The van der Waals surface area contributed by atoms with Crippen molar-refractivity contribution in [2.24, 2.45) is 0 Å². The predicted octanol–water partition coefficient (Wildman–Crippen LogP) is 1.44. The van der Waals surface area contributed by atoms with Gasteiger partial charge in [-0.1, -0.05) is 27.7 Å². The van der Waals surface area contributed by atoms with Crippen LogP contribution < -0.4 is 0 Å². The van der Waals surface area contributed by atoms with Crippen molar-refractivity contribution in [3.8, 4) is 0 Å². The topological polar surface area (TPSA) is 118 Å². The molecule has 156 valence electrons. The zero-order chi connectivity index (χ0) is 20.0. The van der Waals surface area contributed by atoms with Crippen LogP contribution in [-0.4, -0.2) is 74.0 Å².